The van der Waals surface area contributed by atoms with Crippen LogP contribution in [0.4, 0.5) is 0 Å². The van der Waals surface area contributed by atoms with E-state index < -0.39 is 0 Å². The molecule has 3 heterocycles. The fourth-order valence-electron chi connectivity index (χ4n) is 4.16. The zero-order chi connectivity index (χ0) is 22.1. The van der Waals surface area contributed by atoms with Gasteiger partial charge < -0.3 is 18.4 Å². The second-order valence-corrected chi connectivity index (χ2v) is 8.40. The number of aryl methyl sites for hydroxylation is 1. The summed E-state index contributed by atoms with van der Waals surface area (Å²) in [5, 5.41) is 4.14. The van der Waals surface area contributed by atoms with E-state index in [2.05, 4.69) is 53.3 Å². The number of imidazole rings is 1. The monoisotopic (exact) mass is 450 g/mol. The van der Waals surface area contributed by atoms with Crippen LogP contribution in [0.5, 0.6) is 5.75 Å². The van der Waals surface area contributed by atoms with Crippen molar-refractivity contribution >= 4 is 23.3 Å². The van der Waals surface area contributed by atoms with E-state index in [9.17, 15) is 0 Å². The lowest BCUT2D eigenvalue weighted by atomic mass is 10.2. The topological polar surface area (TPSA) is 64.5 Å². The molecule has 5 rings (SSSR count). The molecule has 0 N–H and O–H groups in total. The lowest BCUT2D eigenvalue weighted by Gasteiger charge is -2.34. The molecule has 0 radical (unpaired) electrons. The first-order chi connectivity index (χ1) is 15.6. The van der Waals surface area contributed by atoms with Gasteiger partial charge in [-0.25, -0.2) is 0 Å². The third-order valence-corrected chi connectivity index (χ3v) is 6.53. The van der Waals surface area contributed by atoms with E-state index in [4.69, 9.17) is 21.5 Å². The minimum Gasteiger partial charge on any atom is -0.497 e. The summed E-state index contributed by atoms with van der Waals surface area (Å²) in [6.45, 7) is 5.27. The summed E-state index contributed by atoms with van der Waals surface area (Å²) < 4.78 is 15.9. The van der Waals surface area contributed by atoms with E-state index >= 15 is 0 Å². The van der Waals surface area contributed by atoms with Crippen molar-refractivity contribution < 1.29 is 9.26 Å². The van der Waals surface area contributed by atoms with Crippen molar-refractivity contribution in [3.05, 3.63) is 59.2 Å². The summed E-state index contributed by atoms with van der Waals surface area (Å²) >= 11 is 5.68. The minimum atomic E-state index is 0.603. The van der Waals surface area contributed by atoms with Gasteiger partial charge in [0.1, 0.15) is 5.75 Å². The average molecular weight is 451 g/mol. The van der Waals surface area contributed by atoms with Gasteiger partial charge in [-0.3, -0.25) is 9.80 Å². The minimum absolute atomic E-state index is 0.603. The second kappa shape index (κ2) is 8.85. The van der Waals surface area contributed by atoms with Crippen molar-refractivity contribution in [3.8, 4) is 17.1 Å². The van der Waals surface area contributed by atoms with E-state index in [1.165, 1.54) is 11.0 Å². The Morgan fingerprint density at radius 1 is 0.969 bits per heavy atom. The first-order valence-electron chi connectivity index (χ1n) is 10.7. The highest BCUT2D eigenvalue weighted by Gasteiger charge is 2.21. The summed E-state index contributed by atoms with van der Waals surface area (Å²) in [5.41, 5.74) is 3.26. The number of nitrogens with zero attached hydrogens (tertiary/aromatic N) is 6. The van der Waals surface area contributed by atoms with Crippen LogP contribution in [-0.4, -0.2) is 62.4 Å². The molecule has 2 aromatic heterocycles. The highest BCUT2D eigenvalue weighted by atomic mass is 32.1. The van der Waals surface area contributed by atoms with Gasteiger partial charge in [-0.05, 0) is 48.6 Å². The number of hydrogen-bond acceptors (Lipinski definition) is 7. The molecular formula is C23H26N6O2S. The van der Waals surface area contributed by atoms with Gasteiger partial charge in [-0.2, -0.15) is 4.98 Å². The molecule has 9 heteroatoms. The molecule has 1 aliphatic rings. The van der Waals surface area contributed by atoms with Crippen molar-refractivity contribution in [3.63, 3.8) is 0 Å². The van der Waals surface area contributed by atoms with E-state index in [1.54, 1.807) is 7.11 Å². The van der Waals surface area contributed by atoms with Gasteiger partial charge in [0.2, 0.25) is 11.7 Å². The SMILES string of the molecule is COc1ccc(-c2noc(CN3CCN(Cn4c(=S)n(C)c5ccccc54)CC3)n2)cc1. The number of aromatic nitrogens is 4. The Bertz CT molecular complexity index is 1270. The molecule has 1 saturated heterocycles. The van der Waals surface area contributed by atoms with Gasteiger partial charge >= 0.3 is 0 Å². The molecule has 4 aromatic rings. The molecule has 0 spiro atoms. The Kier molecular flexibility index (Phi) is 5.77. The molecule has 0 bridgehead atoms. The maximum atomic E-state index is 5.68. The maximum Gasteiger partial charge on any atom is 0.241 e. The van der Waals surface area contributed by atoms with E-state index in [0.29, 0.717) is 18.3 Å². The molecule has 8 nitrogen and oxygen atoms in total. The summed E-state index contributed by atoms with van der Waals surface area (Å²) in [4.78, 5) is 9.36. The van der Waals surface area contributed by atoms with Crippen LogP contribution in [0.3, 0.4) is 0 Å². The Morgan fingerprint density at radius 3 is 2.38 bits per heavy atom. The molecule has 1 aliphatic heterocycles. The number of ether oxygens (including phenoxy) is 1. The second-order valence-electron chi connectivity index (χ2n) is 8.03. The molecule has 0 unspecified atom stereocenters. The Labute approximate surface area is 191 Å². The van der Waals surface area contributed by atoms with Gasteiger partial charge in [0.15, 0.2) is 4.77 Å². The Morgan fingerprint density at radius 2 is 1.66 bits per heavy atom. The largest absolute Gasteiger partial charge is 0.497 e. The predicted molar refractivity (Wildman–Crippen MR) is 125 cm³/mol. The number of methoxy groups -OCH3 is 1. The summed E-state index contributed by atoms with van der Waals surface area (Å²) in [5.74, 6) is 2.05. The van der Waals surface area contributed by atoms with Crippen LogP contribution >= 0.6 is 12.2 Å². The maximum absolute atomic E-state index is 5.68. The van der Waals surface area contributed by atoms with E-state index in [0.717, 1.165) is 48.9 Å². The van der Waals surface area contributed by atoms with Gasteiger partial charge in [0.25, 0.3) is 0 Å². The predicted octanol–water partition coefficient (Wildman–Crippen LogP) is 3.54. The summed E-state index contributed by atoms with van der Waals surface area (Å²) in [7, 11) is 3.68. The van der Waals surface area contributed by atoms with Crippen molar-refractivity contribution in [2.75, 3.05) is 33.3 Å². The third-order valence-electron chi connectivity index (χ3n) is 6.03. The molecule has 0 atom stereocenters. The fraction of sp³-hybridized carbons (Fsp3) is 0.348. The number of hydrogen-bond donors (Lipinski definition) is 0. The highest BCUT2D eigenvalue weighted by Crippen LogP contribution is 2.21. The molecule has 166 valence electrons. The summed E-state index contributed by atoms with van der Waals surface area (Å²) in [6.07, 6.45) is 0. The number of benzene rings is 2. The number of rotatable bonds is 6. The van der Waals surface area contributed by atoms with Gasteiger partial charge in [0, 0.05) is 38.8 Å². The lowest BCUT2D eigenvalue weighted by molar-refractivity contribution is 0.0957. The van der Waals surface area contributed by atoms with E-state index in [-0.39, 0.29) is 0 Å². The van der Waals surface area contributed by atoms with Crippen LogP contribution in [-0.2, 0) is 20.3 Å². The number of piperazine rings is 1. The molecule has 1 fully saturated rings. The van der Waals surface area contributed by atoms with E-state index in [1.807, 2.05) is 31.3 Å². The van der Waals surface area contributed by atoms with Crippen LogP contribution in [0.15, 0.2) is 53.1 Å². The fourth-order valence-corrected chi connectivity index (χ4v) is 4.41. The third kappa shape index (κ3) is 4.06. The average Bonchev–Trinajstić information content (AvgIpc) is 3.39. The Hall–Kier alpha value is -3.01. The molecule has 32 heavy (non-hydrogen) atoms. The molecule has 0 amide bonds. The number of para-hydroxylation sites is 2. The standard InChI is InChI=1S/C23H26N6O2S/c1-26-19-5-3-4-6-20(19)29(23(26)32)16-28-13-11-27(12-14-28)15-21-24-22(25-31-21)17-7-9-18(30-2)10-8-17/h3-10H,11-16H2,1-2H3. The Balaban J connectivity index is 1.19. The first-order valence-corrected chi connectivity index (χ1v) is 11.1. The highest BCUT2D eigenvalue weighted by molar-refractivity contribution is 7.71. The lowest BCUT2D eigenvalue weighted by Crippen LogP contribution is -2.46. The molecule has 0 aliphatic carbocycles. The zero-order valence-electron chi connectivity index (χ0n) is 18.3. The van der Waals surface area contributed by atoms with Crippen LogP contribution in [0.1, 0.15) is 5.89 Å². The quantitative estimate of drug-likeness (QED) is 0.416. The van der Waals surface area contributed by atoms with Crippen LogP contribution < -0.4 is 4.74 Å². The number of fused-ring (bicyclic) bond motifs is 1. The zero-order valence-corrected chi connectivity index (χ0v) is 19.1. The normalized spacial score (nSPS) is 15.4. The molecule has 0 saturated carbocycles. The first kappa shape index (κ1) is 20.9. The van der Waals surface area contributed by atoms with Crippen molar-refractivity contribution in [1.82, 2.24) is 29.1 Å². The van der Waals surface area contributed by atoms with Crippen LogP contribution in [0.2, 0.25) is 0 Å². The summed E-state index contributed by atoms with van der Waals surface area (Å²) in [6, 6.07) is 16.0. The van der Waals surface area contributed by atoms with Crippen LogP contribution in [0, 0.1) is 4.77 Å². The van der Waals surface area contributed by atoms with Crippen molar-refractivity contribution in [2.45, 2.75) is 13.2 Å². The van der Waals surface area contributed by atoms with Gasteiger partial charge in [-0.1, -0.05) is 17.3 Å². The van der Waals surface area contributed by atoms with Crippen LogP contribution in [0.25, 0.3) is 22.4 Å². The van der Waals surface area contributed by atoms with Crippen molar-refractivity contribution in [2.24, 2.45) is 7.05 Å². The molecule has 2 aromatic carbocycles. The smallest absolute Gasteiger partial charge is 0.241 e. The van der Waals surface area contributed by atoms with Gasteiger partial charge in [-0.15, -0.1) is 0 Å². The van der Waals surface area contributed by atoms with Gasteiger partial charge in [0.05, 0.1) is 31.4 Å². The molecular weight excluding hydrogens is 424 g/mol. The van der Waals surface area contributed by atoms with Crippen molar-refractivity contribution in [1.29, 1.82) is 0 Å².